The Balaban J connectivity index is 1.95. The van der Waals surface area contributed by atoms with Crippen molar-refractivity contribution in [3.05, 3.63) is 72.2 Å². The predicted molar refractivity (Wildman–Crippen MR) is 79.7 cm³/mol. The summed E-state index contributed by atoms with van der Waals surface area (Å²) < 4.78 is 7.49. The third kappa shape index (κ3) is 2.83. The maximum Gasteiger partial charge on any atom is 0.143 e. The summed E-state index contributed by atoms with van der Waals surface area (Å²) in [7, 11) is 1.95. The molecular weight excluding hydrogens is 266 g/mol. The van der Waals surface area contributed by atoms with Gasteiger partial charge in [0.2, 0.25) is 0 Å². The van der Waals surface area contributed by atoms with E-state index in [-0.39, 0.29) is 12.6 Å². The number of rotatable bonds is 5. The van der Waals surface area contributed by atoms with Crippen LogP contribution < -0.4 is 5.32 Å². The molecule has 0 radical (unpaired) electrons. The quantitative estimate of drug-likeness (QED) is 0.755. The van der Waals surface area contributed by atoms with Crippen molar-refractivity contribution in [3.8, 4) is 0 Å². The Bertz CT molecular complexity index is 704. The third-order valence-electron chi connectivity index (χ3n) is 3.36. The SMILES string of the molecule is Cn1ccnc1C(Nc1cccc(CO)c1)c1ccco1. The van der Waals surface area contributed by atoms with E-state index in [1.807, 2.05) is 54.2 Å². The number of hydrogen-bond donors (Lipinski definition) is 2. The zero-order chi connectivity index (χ0) is 14.7. The van der Waals surface area contributed by atoms with Crippen molar-refractivity contribution >= 4 is 5.69 Å². The lowest BCUT2D eigenvalue weighted by Crippen LogP contribution is -2.16. The van der Waals surface area contributed by atoms with Gasteiger partial charge in [0.15, 0.2) is 0 Å². The van der Waals surface area contributed by atoms with E-state index in [0.717, 1.165) is 22.8 Å². The molecule has 1 atom stereocenters. The maximum absolute atomic E-state index is 9.25. The topological polar surface area (TPSA) is 63.2 Å². The lowest BCUT2D eigenvalue weighted by Gasteiger charge is -2.18. The molecule has 1 aromatic carbocycles. The second-order valence-electron chi connectivity index (χ2n) is 4.85. The molecule has 0 saturated carbocycles. The Labute approximate surface area is 122 Å². The number of nitrogens with zero attached hydrogens (tertiary/aromatic N) is 2. The van der Waals surface area contributed by atoms with Gasteiger partial charge in [-0.15, -0.1) is 0 Å². The van der Waals surface area contributed by atoms with Crippen molar-refractivity contribution in [1.82, 2.24) is 9.55 Å². The molecule has 1 unspecified atom stereocenters. The first-order chi connectivity index (χ1) is 10.3. The number of anilines is 1. The fourth-order valence-corrected chi connectivity index (χ4v) is 2.30. The Morgan fingerprint density at radius 2 is 2.24 bits per heavy atom. The molecule has 0 aliphatic carbocycles. The minimum absolute atomic E-state index is 0.0172. The highest BCUT2D eigenvalue weighted by atomic mass is 16.3. The van der Waals surface area contributed by atoms with Crippen molar-refractivity contribution in [2.24, 2.45) is 7.05 Å². The Morgan fingerprint density at radius 3 is 2.90 bits per heavy atom. The van der Waals surface area contributed by atoms with Gasteiger partial charge in [0.05, 0.1) is 12.9 Å². The van der Waals surface area contributed by atoms with Gasteiger partial charge in [-0.3, -0.25) is 0 Å². The minimum atomic E-state index is -0.186. The first-order valence-electron chi connectivity index (χ1n) is 6.75. The van der Waals surface area contributed by atoms with Crippen LogP contribution >= 0.6 is 0 Å². The van der Waals surface area contributed by atoms with E-state index in [9.17, 15) is 5.11 Å². The molecule has 0 aliphatic rings. The molecule has 2 N–H and O–H groups in total. The first kappa shape index (κ1) is 13.5. The van der Waals surface area contributed by atoms with E-state index in [4.69, 9.17) is 4.42 Å². The number of imidazole rings is 1. The third-order valence-corrected chi connectivity index (χ3v) is 3.36. The van der Waals surface area contributed by atoms with Gasteiger partial charge in [0.1, 0.15) is 17.6 Å². The zero-order valence-corrected chi connectivity index (χ0v) is 11.7. The molecular formula is C16H17N3O2. The second-order valence-corrected chi connectivity index (χ2v) is 4.85. The van der Waals surface area contributed by atoms with Gasteiger partial charge in [-0.2, -0.15) is 0 Å². The largest absolute Gasteiger partial charge is 0.467 e. The van der Waals surface area contributed by atoms with Crippen molar-refractivity contribution < 1.29 is 9.52 Å². The lowest BCUT2D eigenvalue weighted by atomic mass is 10.1. The number of aliphatic hydroxyl groups excluding tert-OH is 1. The van der Waals surface area contributed by atoms with E-state index in [1.54, 1.807) is 12.5 Å². The number of aryl methyl sites for hydroxylation is 1. The van der Waals surface area contributed by atoms with Crippen molar-refractivity contribution in [3.63, 3.8) is 0 Å². The monoisotopic (exact) mass is 283 g/mol. The van der Waals surface area contributed by atoms with Crippen molar-refractivity contribution in [1.29, 1.82) is 0 Å². The van der Waals surface area contributed by atoms with Crippen LogP contribution in [0.1, 0.15) is 23.2 Å². The molecule has 5 nitrogen and oxygen atoms in total. The second kappa shape index (κ2) is 5.85. The van der Waals surface area contributed by atoms with Crippen LogP contribution in [0, 0.1) is 0 Å². The Morgan fingerprint density at radius 1 is 1.33 bits per heavy atom. The molecule has 0 bridgehead atoms. The fourth-order valence-electron chi connectivity index (χ4n) is 2.30. The van der Waals surface area contributed by atoms with Crippen LogP contribution in [0.2, 0.25) is 0 Å². The summed E-state index contributed by atoms with van der Waals surface area (Å²) in [6.45, 7) is 0.0172. The highest BCUT2D eigenvalue weighted by molar-refractivity contribution is 5.48. The molecule has 21 heavy (non-hydrogen) atoms. The van der Waals surface area contributed by atoms with Gasteiger partial charge in [-0.05, 0) is 29.8 Å². The first-order valence-corrected chi connectivity index (χ1v) is 6.75. The highest BCUT2D eigenvalue weighted by Gasteiger charge is 2.20. The van der Waals surface area contributed by atoms with E-state index in [1.165, 1.54) is 0 Å². The standard InChI is InChI=1S/C16H17N3O2/c1-19-8-7-17-16(19)15(14-6-3-9-21-14)18-13-5-2-4-12(10-13)11-20/h2-10,15,18,20H,11H2,1H3. The van der Waals surface area contributed by atoms with Gasteiger partial charge in [0, 0.05) is 25.1 Å². The van der Waals surface area contributed by atoms with E-state index in [0.29, 0.717) is 0 Å². The minimum Gasteiger partial charge on any atom is -0.467 e. The van der Waals surface area contributed by atoms with Gasteiger partial charge < -0.3 is 19.4 Å². The van der Waals surface area contributed by atoms with E-state index >= 15 is 0 Å². The molecule has 5 heteroatoms. The number of nitrogens with one attached hydrogen (secondary N) is 1. The van der Waals surface area contributed by atoms with Crippen LogP contribution in [-0.4, -0.2) is 14.7 Å². The summed E-state index contributed by atoms with van der Waals surface area (Å²) in [4.78, 5) is 4.40. The van der Waals surface area contributed by atoms with Crippen LogP contribution in [0.25, 0.3) is 0 Å². The molecule has 3 rings (SSSR count). The fraction of sp³-hybridized carbons (Fsp3) is 0.188. The molecule has 2 heterocycles. The van der Waals surface area contributed by atoms with Crippen LogP contribution in [-0.2, 0) is 13.7 Å². The number of aliphatic hydroxyl groups is 1. The smallest absolute Gasteiger partial charge is 0.143 e. The number of furan rings is 1. The van der Waals surface area contributed by atoms with Gasteiger partial charge in [0.25, 0.3) is 0 Å². The summed E-state index contributed by atoms with van der Waals surface area (Å²) in [6.07, 6.45) is 5.31. The number of aromatic nitrogens is 2. The van der Waals surface area contributed by atoms with Crippen LogP contribution in [0.5, 0.6) is 0 Å². The summed E-state index contributed by atoms with van der Waals surface area (Å²) in [5, 5.41) is 12.7. The summed E-state index contributed by atoms with van der Waals surface area (Å²) in [5.74, 6) is 1.65. The molecule has 3 aromatic rings. The van der Waals surface area contributed by atoms with Crippen LogP contribution in [0.4, 0.5) is 5.69 Å². The Kier molecular flexibility index (Phi) is 3.75. The summed E-state index contributed by atoms with van der Waals surface area (Å²) >= 11 is 0. The number of benzene rings is 1. The average molecular weight is 283 g/mol. The van der Waals surface area contributed by atoms with Crippen LogP contribution in [0.15, 0.2) is 59.5 Å². The van der Waals surface area contributed by atoms with Gasteiger partial charge in [-0.25, -0.2) is 4.98 Å². The van der Waals surface area contributed by atoms with Crippen molar-refractivity contribution in [2.45, 2.75) is 12.6 Å². The van der Waals surface area contributed by atoms with Gasteiger partial charge >= 0.3 is 0 Å². The maximum atomic E-state index is 9.25. The molecule has 0 aliphatic heterocycles. The molecule has 0 saturated heterocycles. The zero-order valence-electron chi connectivity index (χ0n) is 11.7. The Hall–Kier alpha value is -2.53. The highest BCUT2D eigenvalue weighted by Crippen LogP contribution is 2.26. The summed E-state index contributed by atoms with van der Waals surface area (Å²) in [6, 6.07) is 11.3. The molecule has 0 fully saturated rings. The summed E-state index contributed by atoms with van der Waals surface area (Å²) in [5.41, 5.74) is 1.77. The van der Waals surface area contributed by atoms with Crippen molar-refractivity contribution in [2.75, 3.05) is 5.32 Å². The van der Waals surface area contributed by atoms with E-state index < -0.39 is 0 Å². The molecule has 0 amide bonds. The molecule has 2 aromatic heterocycles. The van der Waals surface area contributed by atoms with Crippen LogP contribution in [0.3, 0.4) is 0 Å². The predicted octanol–water partition coefficient (Wildman–Crippen LogP) is 2.71. The lowest BCUT2D eigenvalue weighted by molar-refractivity contribution is 0.282. The molecule has 0 spiro atoms. The normalized spacial score (nSPS) is 12.3. The van der Waals surface area contributed by atoms with E-state index in [2.05, 4.69) is 10.3 Å². The molecule has 108 valence electrons. The number of hydrogen-bond acceptors (Lipinski definition) is 4. The average Bonchev–Trinajstić information content (AvgIpc) is 3.17. The van der Waals surface area contributed by atoms with Gasteiger partial charge in [-0.1, -0.05) is 12.1 Å².